The zero-order valence-electron chi connectivity index (χ0n) is 15.0. The largest absolute Gasteiger partial charge is 0.493 e. The monoisotopic (exact) mass is 336 g/mol. The van der Waals surface area contributed by atoms with E-state index in [2.05, 4.69) is 14.8 Å². The highest BCUT2D eigenvalue weighted by Gasteiger charge is 2.18. The molecular weight excluding hydrogens is 308 g/mol. The van der Waals surface area contributed by atoms with Gasteiger partial charge in [-0.2, -0.15) is 0 Å². The maximum absolute atomic E-state index is 6.13. The Balaban J connectivity index is 2.14. The standard InChI is InChI=1S/C17H28N4O3/c1-20(2)14(12-19-17(18)21-7-9-24-10-8-21)13-5-6-15(22-3)16(11-13)23-4/h5-6,11,14H,7-10,12H2,1-4H3,(H2,18,19). The van der Waals surface area contributed by atoms with Crippen LogP contribution in [0.4, 0.5) is 0 Å². The molecule has 1 atom stereocenters. The molecule has 0 aromatic heterocycles. The van der Waals surface area contributed by atoms with Crippen LogP contribution in [-0.2, 0) is 4.74 Å². The van der Waals surface area contributed by atoms with Gasteiger partial charge < -0.3 is 29.7 Å². The predicted molar refractivity (Wildman–Crippen MR) is 94.9 cm³/mol. The van der Waals surface area contributed by atoms with Crippen LogP contribution in [0, 0.1) is 0 Å². The van der Waals surface area contributed by atoms with Gasteiger partial charge in [-0.05, 0) is 31.8 Å². The minimum Gasteiger partial charge on any atom is -0.493 e. The third kappa shape index (κ3) is 4.52. The first kappa shape index (κ1) is 18.4. The molecule has 0 bridgehead atoms. The van der Waals surface area contributed by atoms with Gasteiger partial charge in [-0.3, -0.25) is 4.99 Å². The average molecular weight is 336 g/mol. The number of hydrogen-bond donors (Lipinski definition) is 1. The van der Waals surface area contributed by atoms with Crippen LogP contribution in [0.3, 0.4) is 0 Å². The lowest BCUT2D eigenvalue weighted by Crippen LogP contribution is -2.45. The molecule has 0 radical (unpaired) electrons. The maximum Gasteiger partial charge on any atom is 0.191 e. The molecule has 1 saturated heterocycles. The van der Waals surface area contributed by atoms with Gasteiger partial charge in [0, 0.05) is 13.1 Å². The molecule has 24 heavy (non-hydrogen) atoms. The molecule has 7 heteroatoms. The van der Waals surface area contributed by atoms with Crippen molar-refractivity contribution in [2.45, 2.75) is 6.04 Å². The van der Waals surface area contributed by atoms with Crippen molar-refractivity contribution < 1.29 is 14.2 Å². The molecular formula is C17H28N4O3. The molecule has 2 rings (SSSR count). The summed E-state index contributed by atoms with van der Waals surface area (Å²) in [5.41, 5.74) is 7.24. The zero-order chi connectivity index (χ0) is 17.5. The molecule has 1 unspecified atom stereocenters. The van der Waals surface area contributed by atoms with E-state index in [0.717, 1.165) is 24.4 Å². The van der Waals surface area contributed by atoms with Crippen molar-refractivity contribution in [1.29, 1.82) is 0 Å². The Labute approximate surface area is 144 Å². The van der Waals surface area contributed by atoms with E-state index in [9.17, 15) is 0 Å². The van der Waals surface area contributed by atoms with Gasteiger partial charge in [-0.15, -0.1) is 0 Å². The van der Waals surface area contributed by atoms with Crippen molar-refractivity contribution in [2.75, 3.05) is 61.2 Å². The normalized spacial score (nSPS) is 17.0. The zero-order valence-corrected chi connectivity index (χ0v) is 15.0. The predicted octanol–water partition coefficient (Wildman–Crippen LogP) is 0.953. The fourth-order valence-corrected chi connectivity index (χ4v) is 2.70. The first-order valence-electron chi connectivity index (χ1n) is 8.07. The summed E-state index contributed by atoms with van der Waals surface area (Å²) in [5.74, 6) is 2.01. The summed E-state index contributed by atoms with van der Waals surface area (Å²) in [6, 6.07) is 6.04. The summed E-state index contributed by atoms with van der Waals surface area (Å²) in [7, 11) is 7.33. The second-order valence-corrected chi connectivity index (χ2v) is 5.89. The molecule has 0 saturated carbocycles. The van der Waals surface area contributed by atoms with Gasteiger partial charge in [-0.25, -0.2) is 0 Å². The third-order valence-electron chi connectivity index (χ3n) is 4.18. The third-order valence-corrected chi connectivity index (χ3v) is 4.18. The number of morpholine rings is 1. The molecule has 134 valence electrons. The van der Waals surface area contributed by atoms with Crippen LogP contribution < -0.4 is 15.2 Å². The van der Waals surface area contributed by atoms with Crippen molar-refractivity contribution in [3.63, 3.8) is 0 Å². The molecule has 0 spiro atoms. The van der Waals surface area contributed by atoms with E-state index in [1.54, 1.807) is 14.2 Å². The molecule has 7 nitrogen and oxygen atoms in total. The Hall–Kier alpha value is -1.99. The van der Waals surface area contributed by atoms with Crippen molar-refractivity contribution >= 4 is 5.96 Å². The highest BCUT2D eigenvalue weighted by atomic mass is 16.5. The smallest absolute Gasteiger partial charge is 0.191 e. The number of guanidine groups is 1. The van der Waals surface area contributed by atoms with Crippen molar-refractivity contribution in [3.8, 4) is 11.5 Å². The highest BCUT2D eigenvalue weighted by Crippen LogP contribution is 2.31. The van der Waals surface area contributed by atoms with Crippen molar-refractivity contribution in [3.05, 3.63) is 23.8 Å². The van der Waals surface area contributed by atoms with E-state index in [1.807, 2.05) is 32.3 Å². The van der Waals surface area contributed by atoms with Gasteiger partial charge in [0.1, 0.15) is 0 Å². The Bertz CT molecular complexity index is 557. The fourth-order valence-electron chi connectivity index (χ4n) is 2.70. The fraction of sp³-hybridized carbons (Fsp3) is 0.588. The minimum atomic E-state index is 0.101. The lowest BCUT2D eigenvalue weighted by molar-refractivity contribution is 0.0673. The van der Waals surface area contributed by atoms with Gasteiger partial charge in [0.15, 0.2) is 17.5 Å². The van der Waals surface area contributed by atoms with Crippen LogP contribution in [0.15, 0.2) is 23.2 Å². The number of nitrogens with zero attached hydrogens (tertiary/aromatic N) is 3. The molecule has 1 aromatic carbocycles. The molecule has 1 heterocycles. The minimum absolute atomic E-state index is 0.101. The first-order valence-corrected chi connectivity index (χ1v) is 8.07. The lowest BCUT2D eigenvalue weighted by atomic mass is 10.1. The van der Waals surface area contributed by atoms with Crippen LogP contribution in [-0.4, -0.2) is 76.9 Å². The second-order valence-electron chi connectivity index (χ2n) is 5.89. The van der Waals surface area contributed by atoms with Crippen molar-refractivity contribution in [1.82, 2.24) is 9.80 Å². The number of likely N-dealkylation sites (N-methyl/N-ethyl adjacent to an activating group) is 1. The quantitative estimate of drug-likeness (QED) is 0.616. The number of benzene rings is 1. The molecule has 2 N–H and O–H groups in total. The molecule has 1 aliphatic rings. The molecule has 1 aromatic rings. The van der Waals surface area contributed by atoms with E-state index in [1.165, 1.54) is 0 Å². The summed E-state index contributed by atoms with van der Waals surface area (Å²) >= 11 is 0. The first-order chi connectivity index (χ1) is 11.6. The Morgan fingerprint density at radius 3 is 2.50 bits per heavy atom. The molecule has 0 amide bonds. The van der Waals surface area contributed by atoms with Crippen molar-refractivity contribution in [2.24, 2.45) is 10.7 Å². The maximum atomic E-state index is 6.13. The SMILES string of the molecule is COc1ccc(C(CN=C(N)N2CCOCC2)N(C)C)cc1OC. The summed E-state index contributed by atoms with van der Waals surface area (Å²) in [6.45, 7) is 3.55. The topological polar surface area (TPSA) is 72.5 Å². The molecule has 0 aliphatic carbocycles. The highest BCUT2D eigenvalue weighted by molar-refractivity contribution is 5.78. The molecule has 1 aliphatic heterocycles. The number of aliphatic imine (C=N–C) groups is 1. The Morgan fingerprint density at radius 2 is 1.92 bits per heavy atom. The number of hydrogen-bond acceptors (Lipinski definition) is 5. The average Bonchev–Trinajstić information content (AvgIpc) is 2.61. The number of rotatable bonds is 6. The van der Waals surface area contributed by atoms with Gasteiger partial charge in [0.05, 0.1) is 40.0 Å². The van der Waals surface area contributed by atoms with E-state index >= 15 is 0 Å². The number of methoxy groups -OCH3 is 2. The molecule has 1 fully saturated rings. The Morgan fingerprint density at radius 1 is 1.25 bits per heavy atom. The van der Waals surface area contributed by atoms with E-state index in [4.69, 9.17) is 19.9 Å². The van der Waals surface area contributed by atoms with Crippen LogP contribution >= 0.6 is 0 Å². The summed E-state index contributed by atoms with van der Waals surface area (Å²) in [4.78, 5) is 8.78. The van der Waals surface area contributed by atoms with Gasteiger partial charge in [0.2, 0.25) is 0 Å². The summed E-state index contributed by atoms with van der Waals surface area (Å²) in [5, 5.41) is 0. The number of nitrogens with two attached hydrogens (primary N) is 1. The van der Waals surface area contributed by atoms with Crippen LogP contribution in [0.2, 0.25) is 0 Å². The summed E-state index contributed by atoms with van der Waals surface area (Å²) in [6.07, 6.45) is 0. The van der Waals surface area contributed by atoms with E-state index in [0.29, 0.717) is 31.5 Å². The van der Waals surface area contributed by atoms with E-state index in [-0.39, 0.29) is 6.04 Å². The van der Waals surface area contributed by atoms with E-state index < -0.39 is 0 Å². The second kappa shape index (κ2) is 8.75. The van der Waals surface area contributed by atoms with Crippen LogP contribution in [0.25, 0.3) is 0 Å². The van der Waals surface area contributed by atoms with Crippen LogP contribution in [0.1, 0.15) is 11.6 Å². The number of ether oxygens (including phenoxy) is 3. The van der Waals surface area contributed by atoms with Gasteiger partial charge in [0.25, 0.3) is 0 Å². The van der Waals surface area contributed by atoms with Gasteiger partial charge in [-0.1, -0.05) is 6.07 Å². The van der Waals surface area contributed by atoms with Crippen LogP contribution in [0.5, 0.6) is 11.5 Å². The Kier molecular flexibility index (Phi) is 6.69. The lowest BCUT2D eigenvalue weighted by Gasteiger charge is -2.29. The summed E-state index contributed by atoms with van der Waals surface area (Å²) < 4.78 is 16.0. The van der Waals surface area contributed by atoms with Gasteiger partial charge >= 0.3 is 0 Å².